The molecule has 4 heteroatoms. The molecular weight excluding hydrogens is 290 g/mol. The standard InChI is InChI=1S/C18H11N3S/c1-2-6-13-11(4-1)10-16-18(20-13)21-15-8-7-14-12(17(15)22-16)5-3-9-19-14/h1-10H,(H,20,21). The van der Waals surface area contributed by atoms with Crippen LogP contribution in [0.3, 0.4) is 0 Å². The van der Waals surface area contributed by atoms with Crippen molar-refractivity contribution in [3.05, 3.63) is 60.8 Å². The first-order valence-corrected chi connectivity index (χ1v) is 7.92. The van der Waals surface area contributed by atoms with E-state index in [1.54, 1.807) is 11.8 Å². The highest BCUT2D eigenvalue weighted by molar-refractivity contribution is 8.00. The van der Waals surface area contributed by atoms with E-state index in [4.69, 9.17) is 4.98 Å². The molecular formula is C18H11N3S. The molecule has 0 saturated heterocycles. The van der Waals surface area contributed by atoms with Gasteiger partial charge >= 0.3 is 0 Å². The molecule has 3 nitrogen and oxygen atoms in total. The van der Waals surface area contributed by atoms with E-state index in [-0.39, 0.29) is 0 Å². The summed E-state index contributed by atoms with van der Waals surface area (Å²) in [6.45, 7) is 0. The Morgan fingerprint density at radius 1 is 0.909 bits per heavy atom. The fourth-order valence-corrected chi connectivity index (χ4v) is 3.95. The van der Waals surface area contributed by atoms with E-state index in [0.717, 1.165) is 32.8 Å². The number of benzene rings is 2. The van der Waals surface area contributed by atoms with Crippen LogP contribution < -0.4 is 5.32 Å². The minimum absolute atomic E-state index is 0.930. The van der Waals surface area contributed by atoms with Crippen LogP contribution in [0.4, 0.5) is 11.5 Å². The second-order valence-electron chi connectivity index (χ2n) is 5.27. The number of nitrogens with zero attached hydrogens (tertiary/aromatic N) is 2. The van der Waals surface area contributed by atoms with Gasteiger partial charge in [-0.05, 0) is 30.3 Å². The molecule has 22 heavy (non-hydrogen) atoms. The molecule has 0 unspecified atom stereocenters. The maximum atomic E-state index is 4.75. The average molecular weight is 301 g/mol. The number of rotatable bonds is 0. The first-order valence-electron chi connectivity index (χ1n) is 7.11. The molecule has 1 aliphatic rings. The van der Waals surface area contributed by atoms with Crippen molar-refractivity contribution in [3.63, 3.8) is 0 Å². The van der Waals surface area contributed by atoms with Gasteiger partial charge in [-0.15, -0.1) is 0 Å². The molecule has 0 amide bonds. The number of hydrogen-bond acceptors (Lipinski definition) is 4. The van der Waals surface area contributed by atoms with Gasteiger partial charge in [-0.2, -0.15) is 0 Å². The Kier molecular flexibility index (Phi) is 2.43. The van der Waals surface area contributed by atoms with Crippen LogP contribution in [0.5, 0.6) is 0 Å². The Labute approximate surface area is 131 Å². The molecule has 4 aromatic rings. The van der Waals surface area contributed by atoms with Crippen LogP contribution in [0.25, 0.3) is 21.8 Å². The summed E-state index contributed by atoms with van der Waals surface area (Å²) in [5, 5.41) is 5.81. The molecule has 2 aromatic carbocycles. The number of nitrogens with one attached hydrogen (secondary N) is 1. The third-order valence-electron chi connectivity index (χ3n) is 3.89. The van der Waals surface area contributed by atoms with E-state index >= 15 is 0 Å². The Balaban J connectivity index is 1.75. The molecule has 2 aromatic heterocycles. The normalized spacial score (nSPS) is 12.7. The fourth-order valence-electron chi connectivity index (χ4n) is 2.84. The van der Waals surface area contributed by atoms with Gasteiger partial charge in [0.25, 0.3) is 0 Å². The molecule has 5 rings (SSSR count). The van der Waals surface area contributed by atoms with Gasteiger partial charge < -0.3 is 5.32 Å². The monoisotopic (exact) mass is 301 g/mol. The van der Waals surface area contributed by atoms with Gasteiger partial charge in [0, 0.05) is 21.9 Å². The van der Waals surface area contributed by atoms with Crippen LogP contribution in [0.1, 0.15) is 0 Å². The predicted molar refractivity (Wildman–Crippen MR) is 90.9 cm³/mol. The molecule has 1 aliphatic heterocycles. The maximum Gasteiger partial charge on any atom is 0.145 e. The fraction of sp³-hybridized carbons (Fsp3) is 0. The number of pyridine rings is 2. The van der Waals surface area contributed by atoms with Crippen molar-refractivity contribution in [1.29, 1.82) is 0 Å². The summed E-state index contributed by atoms with van der Waals surface area (Å²) < 4.78 is 0. The van der Waals surface area contributed by atoms with E-state index in [2.05, 4.69) is 34.6 Å². The highest BCUT2D eigenvalue weighted by atomic mass is 32.2. The summed E-state index contributed by atoms with van der Waals surface area (Å²) in [7, 11) is 0. The van der Waals surface area contributed by atoms with Crippen molar-refractivity contribution >= 4 is 45.1 Å². The molecule has 0 bridgehead atoms. The van der Waals surface area contributed by atoms with Gasteiger partial charge in [0.15, 0.2) is 0 Å². The molecule has 0 fully saturated rings. The largest absolute Gasteiger partial charge is 0.338 e. The summed E-state index contributed by atoms with van der Waals surface area (Å²) in [6.07, 6.45) is 1.83. The van der Waals surface area contributed by atoms with Crippen molar-refractivity contribution in [2.24, 2.45) is 0 Å². The second kappa shape index (κ2) is 4.45. The Bertz CT molecular complexity index is 1040. The molecule has 0 radical (unpaired) electrons. The zero-order valence-corrected chi connectivity index (χ0v) is 12.4. The predicted octanol–water partition coefficient (Wildman–Crippen LogP) is 4.99. The quantitative estimate of drug-likeness (QED) is 0.437. The molecule has 104 valence electrons. The van der Waals surface area contributed by atoms with Crippen LogP contribution >= 0.6 is 11.8 Å². The topological polar surface area (TPSA) is 37.8 Å². The van der Waals surface area contributed by atoms with Crippen LogP contribution in [-0.2, 0) is 0 Å². The highest BCUT2D eigenvalue weighted by Gasteiger charge is 2.19. The highest BCUT2D eigenvalue weighted by Crippen LogP contribution is 2.47. The van der Waals surface area contributed by atoms with Gasteiger partial charge in [-0.1, -0.05) is 36.0 Å². The van der Waals surface area contributed by atoms with Crippen molar-refractivity contribution in [2.75, 3.05) is 5.32 Å². The molecule has 0 saturated carbocycles. The smallest absolute Gasteiger partial charge is 0.145 e. The second-order valence-corrected chi connectivity index (χ2v) is 6.32. The number of hydrogen-bond donors (Lipinski definition) is 1. The minimum Gasteiger partial charge on any atom is -0.338 e. The van der Waals surface area contributed by atoms with Crippen molar-refractivity contribution in [2.45, 2.75) is 9.79 Å². The van der Waals surface area contributed by atoms with E-state index in [1.165, 1.54) is 10.3 Å². The average Bonchev–Trinajstić information content (AvgIpc) is 2.58. The SMILES string of the molecule is c1ccc2nc3c(cc2c1)Sc1c(ccc2ncccc12)N3. The van der Waals surface area contributed by atoms with Crippen LogP contribution in [0.15, 0.2) is 70.6 Å². The summed E-state index contributed by atoms with van der Waals surface area (Å²) >= 11 is 1.76. The lowest BCUT2D eigenvalue weighted by atomic mass is 10.2. The molecule has 3 heterocycles. The zero-order valence-electron chi connectivity index (χ0n) is 11.6. The first kappa shape index (κ1) is 12.0. The number of para-hydroxylation sites is 1. The Hall–Kier alpha value is -2.59. The summed E-state index contributed by atoms with van der Waals surface area (Å²) in [6, 6.07) is 18.6. The zero-order chi connectivity index (χ0) is 14.5. The number of aromatic nitrogens is 2. The minimum atomic E-state index is 0.930. The summed E-state index contributed by atoms with van der Waals surface area (Å²) in [5.41, 5.74) is 3.13. The lowest BCUT2D eigenvalue weighted by Crippen LogP contribution is -2.03. The van der Waals surface area contributed by atoms with E-state index < -0.39 is 0 Å². The molecule has 0 atom stereocenters. The Morgan fingerprint density at radius 2 is 1.86 bits per heavy atom. The third-order valence-corrected chi connectivity index (χ3v) is 5.06. The number of fused-ring (bicyclic) bond motifs is 5. The number of anilines is 2. The summed E-state index contributed by atoms with van der Waals surface area (Å²) in [5.74, 6) is 0.930. The van der Waals surface area contributed by atoms with E-state index in [0.29, 0.717) is 0 Å². The lowest BCUT2D eigenvalue weighted by Gasteiger charge is -2.21. The van der Waals surface area contributed by atoms with Gasteiger partial charge in [0.1, 0.15) is 5.82 Å². The van der Waals surface area contributed by atoms with Crippen molar-refractivity contribution in [1.82, 2.24) is 9.97 Å². The molecule has 1 N–H and O–H groups in total. The van der Waals surface area contributed by atoms with Gasteiger partial charge in [-0.25, -0.2) is 4.98 Å². The lowest BCUT2D eigenvalue weighted by molar-refractivity contribution is 1.24. The van der Waals surface area contributed by atoms with Gasteiger partial charge in [-0.3, -0.25) is 4.98 Å². The van der Waals surface area contributed by atoms with Crippen LogP contribution in [0.2, 0.25) is 0 Å². The van der Waals surface area contributed by atoms with Crippen LogP contribution in [0, 0.1) is 0 Å². The van der Waals surface area contributed by atoms with Crippen molar-refractivity contribution in [3.8, 4) is 0 Å². The maximum absolute atomic E-state index is 4.75. The molecule has 0 spiro atoms. The molecule has 0 aliphatic carbocycles. The van der Waals surface area contributed by atoms with E-state index in [9.17, 15) is 0 Å². The Morgan fingerprint density at radius 3 is 2.86 bits per heavy atom. The summed E-state index contributed by atoms with van der Waals surface area (Å²) in [4.78, 5) is 11.6. The van der Waals surface area contributed by atoms with Crippen molar-refractivity contribution < 1.29 is 0 Å². The van der Waals surface area contributed by atoms with Crippen LogP contribution in [-0.4, -0.2) is 9.97 Å². The van der Waals surface area contributed by atoms with Gasteiger partial charge in [0.05, 0.1) is 21.6 Å². The van der Waals surface area contributed by atoms with Gasteiger partial charge in [0.2, 0.25) is 0 Å². The third kappa shape index (κ3) is 1.71. The first-order chi connectivity index (χ1) is 10.9. The van der Waals surface area contributed by atoms with E-state index in [1.807, 2.05) is 36.5 Å².